The smallest absolute Gasteiger partial charge is 0.246 e. The van der Waals surface area contributed by atoms with E-state index in [1.807, 2.05) is 0 Å². The van der Waals surface area contributed by atoms with Crippen LogP contribution in [0, 0.1) is 0 Å². The van der Waals surface area contributed by atoms with Crippen LogP contribution in [0.2, 0.25) is 0 Å². The minimum atomic E-state index is -3.82. The van der Waals surface area contributed by atoms with Gasteiger partial charge in [0.15, 0.2) is 9.84 Å². The fourth-order valence-corrected chi connectivity index (χ4v) is 6.49. The van der Waals surface area contributed by atoms with Crippen molar-refractivity contribution in [3.05, 3.63) is 54.6 Å². The highest BCUT2D eigenvalue weighted by Crippen LogP contribution is 2.31. The van der Waals surface area contributed by atoms with E-state index in [2.05, 4.69) is 0 Å². The third kappa shape index (κ3) is 3.49. The van der Waals surface area contributed by atoms with Crippen LogP contribution in [-0.4, -0.2) is 46.1 Å². The summed E-state index contributed by atoms with van der Waals surface area (Å²) in [6, 6.07) is 14.6. The standard InChI is InChI=1S/C18H21NO5S2/c1-2-24-17-10-6-7-11-18(17)26(22,23)19-13-12-16(14-19)25(20,21)15-8-4-3-5-9-15/h3-11,16H,2,12-14H2,1H3/t16-/m0/s1. The van der Waals surface area contributed by atoms with Gasteiger partial charge in [-0.3, -0.25) is 0 Å². The van der Waals surface area contributed by atoms with Gasteiger partial charge in [-0.25, -0.2) is 16.8 Å². The van der Waals surface area contributed by atoms with E-state index < -0.39 is 25.1 Å². The second-order valence-corrected chi connectivity index (χ2v) is 10.1. The average molecular weight is 396 g/mol. The summed E-state index contributed by atoms with van der Waals surface area (Å²) in [4.78, 5) is 0.290. The van der Waals surface area contributed by atoms with Crippen molar-refractivity contribution in [3.63, 3.8) is 0 Å². The molecular formula is C18H21NO5S2. The molecule has 1 aliphatic rings. The number of rotatable bonds is 6. The zero-order valence-corrected chi connectivity index (χ0v) is 16.0. The lowest BCUT2D eigenvalue weighted by Gasteiger charge is -2.19. The fourth-order valence-electron chi connectivity index (χ4n) is 3.05. The first-order valence-corrected chi connectivity index (χ1v) is 11.4. The first-order chi connectivity index (χ1) is 12.4. The molecule has 6 nitrogen and oxygen atoms in total. The SMILES string of the molecule is CCOc1ccccc1S(=O)(=O)N1CC[C@H](S(=O)(=O)c2ccccc2)C1. The zero-order chi connectivity index (χ0) is 18.8. The number of sulfone groups is 1. The van der Waals surface area contributed by atoms with Gasteiger partial charge in [-0.15, -0.1) is 0 Å². The van der Waals surface area contributed by atoms with Gasteiger partial charge in [0.05, 0.1) is 16.8 Å². The van der Waals surface area contributed by atoms with E-state index in [0.29, 0.717) is 6.61 Å². The lowest BCUT2D eigenvalue weighted by molar-refractivity contribution is 0.329. The summed E-state index contributed by atoms with van der Waals surface area (Å²) in [5, 5.41) is -0.751. The van der Waals surface area contributed by atoms with Crippen molar-refractivity contribution >= 4 is 19.9 Å². The highest BCUT2D eigenvalue weighted by atomic mass is 32.2. The van der Waals surface area contributed by atoms with E-state index in [9.17, 15) is 16.8 Å². The van der Waals surface area contributed by atoms with Crippen LogP contribution in [0.5, 0.6) is 5.75 Å². The molecule has 1 saturated heterocycles. The lowest BCUT2D eigenvalue weighted by atomic mass is 10.3. The van der Waals surface area contributed by atoms with Crippen molar-refractivity contribution in [2.45, 2.75) is 28.4 Å². The van der Waals surface area contributed by atoms with Gasteiger partial charge in [-0.2, -0.15) is 4.31 Å². The summed E-state index contributed by atoms with van der Waals surface area (Å²) in [5.74, 6) is 0.282. The molecule has 26 heavy (non-hydrogen) atoms. The second-order valence-electron chi connectivity index (χ2n) is 6.01. The van der Waals surface area contributed by atoms with Gasteiger partial charge < -0.3 is 4.74 Å². The van der Waals surface area contributed by atoms with Gasteiger partial charge in [-0.05, 0) is 37.6 Å². The normalized spacial score (nSPS) is 18.7. The molecule has 2 aromatic rings. The Morgan fingerprint density at radius 2 is 1.65 bits per heavy atom. The molecule has 0 aromatic heterocycles. The molecule has 0 amide bonds. The van der Waals surface area contributed by atoms with E-state index in [4.69, 9.17) is 4.74 Å². The largest absolute Gasteiger partial charge is 0.492 e. The van der Waals surface area contributed by atoms with Crippen molar-refractivity contribution in [3.8, 4) is 5.75 Å². The second kappa shape index (κ2) is 7.38. The maximum absolute atomic E-state index is 13.0. The van der Waals surface area contributed by atoms with Crippen LogP contribution >= 0.6 is 0 Å². The van der Waals surface area contributed by atoms with E-state index in [-0.39, 0.29) is 35.1 Å². The van der Waals surface area contributed by atoms with Gasteiger partial charge in [0, 0.05) is 13.1 Å². The first kappa shape index (κ1) is 18.9. The molecule has 1 atom stereocenters. The van der Waals surface area contributed by atoms with Gasteiger partial charge >= 0.3 is 0 Å². The minimum absolute atomic E-state index is 0.0555. The molecule has 3 rings (SSSR count). The molecule has 1 aliphatic heterocycles. The summed E-state index contributed by atoms with van der Waals surface area (Å²) in [6.45, 7) is 2.23. The topological polar surface area (TPSA) is 80.8 Å². The average Bonchev–Trinajstić information content (AvgIpc) is 3.15. The third-order valence-electron chi connectivity index (χ3n) is 4.39. The molecule has 1 heterocycles. The molecule has 0 unspecified atom stereocenters. The van der Waals surface area contributed by atoms with E-state index in [1.54, 1.807) is 43.3 Å². The molecule has 8 heteroatoms. The lowest BCUT2D eigenvalue weighted by Crippen LogP contribution is -2.32. The monoisotopic (exact) mass is 395 g/mol. The van der Waals surface area contributed by atoms with Gasteiger partial charge in [0.1, 0.15) is 10.6 Å². The van der Waals surface area contributed by atoms with E-state index in [1.165, 1.54) is 22.5 Å². The predicted molar refractivity (Wildman–Crippen MR) is 98.4 cm³/mol. The van der Waals surface area contributed by atoms with Crippen LogP contribution in [0.4, 0.5) is 0 Å². The highest BCUT2D eigenvalue weighted by molar-refractivity contribution is 7.92. The highest BCUT2D eigenvalue weighted by Gasteiger charge is 2.40. The van der Waals surface area contributed by atoms with Crippen molar-refractivity contribution in [1.29, 1.82) is 0 Å². The number of para-hydroxylation sites is 1. The summed E-state index contributed by atoms with van der Waals surface area (Å²) < 4.78 is 58.2. The molecule has 1 fully saturated rings. The predicted octanol–water partition coefficient (Wildman–Crippen LogP) is 2.32. The molecule has 0 aliphatic carbocycles. The van der Waals surface area contributed by atoms with Crippen LogP contribution in [0.1, 0.15) is 13.3 Å². The van der Waals surface area contributed by atoms with Crippen molar-refractivity contribution in [1.82, 2.24) is 4.31 Å². The van der Waals surface area contributed by atoms with Gasteiger partial charge in [0.25, 0.3) is 0 Å². The Morgan fingerprint density at radius 1 is 1.00 bits per heavy atom. The van der Waals surface area contributed by atoms with E-state index in [0.717, 1.165) is 0 Å². The maximum Gasteiger partial charge on any atom is 0.246 e. The number of benzene rings is 2. The molecule has 0 N–H and O–H groups in total. The molecular weight excluding hydrogens is 374 g/mol. The summed E-state index contributed by atoms with van der Waals surface area (Å²) >= 11 is 0. The Balaban J connectivity index is 1.87. The number of ether oxygens (including phenoxy) is 1. The number of nitrogens with zero attached hydrogens (tertiary/aromatic N) is 1. The zero-order valence-electron chi connectivity index (χ0n) is 14.4. The van der Waals surface area contributed by atoms with Crippen LogP contribution < -0.4 is 4.74 Å². The number of hydrogen-bond donors (Lipinski definition) is 0. The Kier molecular flexibility index (Phi) is 5.36. The Labute approximate surface area is 154 Å². The molecule has 0 radical (unpaired) electrons. The molecule has 0 spiro atoms. The fraction of sp³-hybridized carbons (Fsp3) is 0.333. The Morgan fingerprint density at radius 3 is 2.35 bits per heavy atom. The van der Waals surface area contributed by atoms with Crippen LogP contribution in [0.3, 0.4) is 0 Å². The van der Waals surface area contributed by atoms with Crippen molar-refractivity contribution in [2.24, 2.45) is 0 Å². The minimum Gasteiger partial charge on any atom is -0.492 e. The van der Waals surface area contributed by atoms with E-state index >= 15 is 0 Å². The molecule has 140 valence electrons. The Bertz CT molecular complexity index is 972. The van der Waals surface area contributed by atoms with Gasteiger partial charge in [0.2, 0.25) is 10.0 Å². The third-order valence-corrected chi connectivity index (χ3v) is 8.48. The first-order valence-electron chi connectivity index (χ1n) is 8.38. The number of hydrogen-bond acceptors (Lipinski definition) is 5. The maximum atomic E-state index is 13.0. The summed E-state index contributed by atoms with van der Waals surface area (Å²) in [7, 11) is -7.39. The molecule has 0 bridgehead atoms. The quantitative estimate of drug-likeness (QED) is 0.750. The molecule has 0 saturated carbocycles. The summed E-state index contributed by atoms with van der Waals surface area (Å²) in [6.07, 6.45) is 0.271. The van der Waals surface area contributed by atoms with Crippen LogP contribution in [0.25, 0.3) is 0 Å². The van der Waals surface area contributed by atoms with Crippen LogP contribution in [-0.2, 0) is 19.9 Å². The van der Waals surface area contributed by atoms with Crippen molar-refractivity contribution in [2.75, 3.05) is 19.7 Å². The van der Waals surface area contributed by atoms with Gasteiger partial charge in [-0.1, -0.05) is 30.3 Å². The summed E-state index contributed by atoms with van der Waals surface area (Å²) in [5.41, 5.74) is 0. The molecule has 2 aromatic carbocycles. The number of sulfonamides is 1. The Hall–Kier alpha value is -1.90. The van der Waals surface area contributed by atoms with Crippen LogP contribution in [0.15, 0.2) is 64.4 Å². The van der Waals surface area contributed by atoms with Crippen molar-refractivity contribution < 1.29 is 21.6 Å².